The fourth-order valence-corrected chi connectivity index (χ4v) is 3.72. The van der Waals surface area contributed by atoms with Gasteiger partial charge < -0.3 is 15.0 Å². The van der Waals surface area contributed by atoms with Gasteiger partial charge in [0, 0.05) is 16.3 Å². The minimum atomic E-state index is 0. The second-order valence-corrected chi connectivity index (χ2v) is 7.50. The Morgan fingerprint density at radius 3 is 2.35 bits per heavy atom. The predicted molar refractivity (Wildman–Crippen MR) is 131 cm³/mol. The highest BCUT2D eigenvalue weighted by atomic mass is 35.5. The van der Waals surface area contributed by atoms with Crippen LogP contribution in [0.2, 0.25) is 5.02 Å². The third-order valence-electron chi connectivity index (χ3n) is 4.90. The Morgan fingerprint density at radius 1 is 0.903 bits per heavy atom. The zero-order valence-electron chi connectivity index (χ0n) is 17.3. The summed E-state index contributed by atoms with van der Waals surface area (Å²) in [7, 11) is 0. The quantitative estimate of drug-likeness (QED) is 0.338. The van der Waals surface area contributed by atoms with E-state index in [4.69, 9.17) is 22.1 Å². The van der Waals surface area contributed by atoms with Crippen molar-refractivity contribution >= 4 is 29.8 Å². The number of nitrogen functional groups attached to an aromatic ring is 1. The maximum atomic E-state index is 6.52. The predicted octanol–water partition coefficient (Wildman–Crippen LogP) is 6.71. The summed E-state index contributed by atoms with van der Waals surface area (Å²) in [5.74, 6) is 1.39. The molecular formula is C25H25Cl2N3O. The third-order valence-corrected chi connectivity index (χ3v) is 5.23. The average molecular weight is 454 g/mol. The summed E-state index contributed by atoms with van der Waals surface area (Å²) < 4.78 is 7.95. The van der Waals surface area contributed by atoms with Gasteiger partial charge in [-0.25, -0.2) is 4.98 Å². The van der Waals surface area contributed by atoms with E-state index in [2.05, 4.69) is 40.7 Å². The van der Waals surface area contributed by atoms with Crippen molar-refractivity contribution in [2.45, 2.75) is 19.9 Å². The molecule has 0 aliphatic rings. The Bertz CT molecular complexity index is 1140. The van der Waals surface area contributed by atoms with E-state index in [1.807, 2.05) is 48.5 Å². The van der Waals surface area contributed by atoms with Crippen molar-refractivity contribution in [3.8, 4) is 28.3 Å². The number of nitrogens with zero attached hydrogens (tertiary/aromatic N) is 2. The van der Waals surface area contributed by atoms with Crippen molar-refractivity contribution in [1.82, 2.24) is 9.55 Å². The van der Waals surface area contributed by atoms with E-state index in [9.17, 15) is 0 Å². The number of benzene rings is 2. The summed E-state index contributed by atoms with van der Waals surface area (Å²) in [5.41, 5.74) is 11.0. The molecular weight excluding hydrogens is 429 g/mol. The molecule has 2 aromatic heterocycles. The van der Waals surface area contributed by atoms with E-state index in [-0.39, 0.29) is 12.4 Å². The second-order valence-electron chi connectivity index (χ2n) is 7.10. The van der Waals surface area contributed by atoms with Gasteiger partial charge in [-0.1, -0.05) is 42.8 Å². The molecule has 2 aromatic carbocycles. The number of hydrogen-bond acceptors (Lipinski definition) is 3. The van der Waals surface area contributed by atoms with Crippen LogP contribution in [0.25, 0.3) is 22.5 Å². The second kappa shape index (κ2) is 10.4. The molecule has 0 amide bonds. The minimum absolute atomic E-state index is 0. The number of pyridine rings is 1. The summed E-state index contributed by atoms with van der Waals surface area (Å²) in [6.45, 7) is 3.40. The van der Waals surface area contributed by atoms with Gasteiger partial charge in [-0.05, 0) is 66.6 Å². The molecule has 4 aromatic rings. The zero-order valence-corrected chi connectivity index (χ0v) is 18.9. The molecule has 4 nitrogen and oxygen atoms in total. The van der Waals surface area contributed by atoms with Gasteiger partial charge in [0.15, 0.2) is 0 Å². The van der Waals surface area contributed by atoms with Gasteiger partial charge in [-0.15, -0.1) is 12.4 Å². The smallest absolute Gasteiger partial charge is 0.123 e. The highest BCUT2D eigenvalue weighted by molar-refractivity contribution is 6.33. The molecule has 160 valence electrons. The third kappa shape index (κ3) is 5.22. The summed E-state index contributed by atoms with van der Waals surface area (Å²) >= 11 is 6.52. The van der Waals surface area contributed by atoms with Crippen LogP contribution >= 0.6 is 24.0 Å². The van der Waals surface area contributed by atoms with Crippen molar-refractivity contribution in [2.75, 3.05) is 12.3 Å². The monoisotopic (exact) mass is 453 g/mol. The molecule has 0 fully saturated rings. The van der Waals surface area contributed by atoms with Crippen LogP contribution < -0.4 is 10.5 Å². The summed E-state index contributed by atoms with van der Waals surface area (Å²) in [6.07, 6.45) is 0.985. The lowest BCUT2D eigenvalue weighted by Crippen LogP contribution is -2.06. The van der Waals surface area contributed by atoms with Gasteiger partial charge in [-0.3, -0.25) is 0 Å². The molecule has 2 heterocycles. The normalized spacial score (nSPS) is 10.5. The number of ether oxygens (including phenoxy) is 1. The Morgan fingerprint density at radius 2 is 1.65 bits per heavy atom. The highest BCUT2D eigenvalue weighted by Gasteiger charge is 2.15. The summed E-state index contributed by atoms with van der Waals surface area (Å²) in [6, 6.07) is 26.0. The maximum Gasteiger partial charge on any atom is 0.123 e. The van der Waals surface area contributed by atoms with Gasteiger partial charge in [0.05, 0.1) is 24.5 Å². The fraction of sp³-hybridized carbons (Fsp3) is 0.160. The largest absolute Gasteiger partial charge is 0.494 e. The molecule has 0 atom stereocenters. The molecule has 0 aliphatic carbocycles. The first-order valence-electron chi connectivity index (χ1n) is 10.0. The number of aromatic nitrogens is 2. The molecule has 31 heavy (non-hydrogen) atoms. The summed E-state index contributed by atoms with van der Waals surface area (Å²) in [5, 5.41) is 0.715. The average Bonchev–Trinajstić information content (AvgIpc) is 3.16. The molecule has 6 heteroatoms. The van der Waals surface area contributed by atoms with E-state index in [1.165, 1.54) is 0 Å². The summed E-state index contributed by atoms with van der Waals surface area (Å²) in [4.78, 5) is 4.49. The Balaban J connectivity index is 0.00000272. The van der Waals surface area contributed by atoms with Crippen LogP contribution in [-0.4, -0.2) is 16.2 Å². The zero-order chi connectivity index (χ0) is 20.9. The van der Waals surface area contributed by atoms with Crippen molar-refractivity contribution in [1.29, 1.82) is 0 Å². The fourth-order valence-electron chi connectivity index (χ4n) is 3.48. The molecule has 0 saturated heterocycles. The molecule has 0 aliphatic heterocycles. The molecule has 0 spiro atoms. The van der Waals surface area contributed by atoms with Crippen LogP contribution in [0.5, 0.6) is 5.75 Å². The molecule has 2 N–H and O–H groups in total. The lowest BCUT2D eigenvalue weighted by atomic mass is 10.1. The molecule has 0 saturated carbocycles. The molecule has 0 radical (unpaired) electrons. The van der Waals surface area contributed by atoms with Gasteiger partial charge >= 0.3 is 0 Å². The van der Waals surface area contributed by atoms with Crippen LogP contribution in [0.3, 0.4) is 0 Å². The van der Waals surface area contributed by atoms with E-state index in [1.54, 1.807) is 6.07 Å². The van der Waals surface area contributed by atoms with Crippen LogP contribution in [0.4, 0.5) is 5.82 Å². The Hall–Kier alpha value is -2.95. The van der Waals surface area contributed by atoms with Crippen LogP contribution in [0, 0.1) is 0 Å². The molecule has 0 unspecified atom stereocenters. The van der Waals surface area contributed by atoms with Crippen molar-refractivity contribution in [3.05, 3.63) is 89.6 Å². The van der Waals surface area contributed by atoms with Crippen LogP contribution in [0.15, 0.2) is 78.9 Å². The number of rotatable bonds is 7. The Kier molecular flexibility index (Phi) is 7.61. The maximum absolute atomic E-state index is 6.52. The van der Waals surface area contributed by atoms with Gasteiger partial charge in [0.2, 0.25) is 0 Å². The lowest BCUT2D eigenvalue weighted by Gasteiger charge is -2.15. The van der Waals surface area contributed by atoms with E-state index in [0.717, 1.165) is 40.4 Å². The van der Waals surface area contributed by atoms with E-state index in [0.29, 0.717) is 24.0 Å². The molecule has 0 bridgehead atoms. The first kappa shape index (κ1) is 22.7. The Labute approximate surface area is 194 Å². The van der Waals surface area contributed by atoms with Crippen LogP contribution in [0.1, 0.15) is 19.0 Å². The standard InChI is InChI=1S/C25H24ClN3O.ClH/c1-2-16-30-20-12-10-18(11-13-20)23-14-15-24(21-7-3-4-8-22(21)26)29(23)17-19-6-5-9-25(27)28-19;/h3-15H,2,16-17H2,1H3,(H2,27,28);1H. The first-order valence-corrected chi connectivity index (χ1v) is 10.4. The first-order chi connectivity index (χ1) is 14.7. The van der Waals surface area contributed by atoms with Crippen molar-refractivity contribution < 1.29 is 4.74 Å². The SMILES string of the molecule is CCCOc1ccc(-c2ccc(-c3ccccc3Cl)n2Cc2cccc(N)n2)cc1.Cl. The van der Waals surface area contributed by atoms with Crippen molar-refractivity contribution in [2.24, 2.45) is 0 Å². The topological polar surface area (TPSA) is 53.1 Å². The van der Waals surface area contributed by atoms with Gasteiger partial charge in [0.1, 0.15) is 11.6 Å². The number of hydrogen-bond donors (Lipinski definition) is 1. The number of anilines is 1. The lowest BCUT2D eigenvalue weighted by molar-refractivity contribution is 0.317. The van der Waals surface area contributed by atoms with Crippen LogP contribution in [-0.2, 0) is 6.54 Å². The van der Waals surface area contributed by atoms with E-state index >= 15 is 0 Å². The number of nitrogens with two attached hydrogens (primary N) is 1. The van der Waals surface area contributed by atoms with Crippen molar-refractivity contribution in [3.63, 3.8) is 0 Å². The molecule has 4 rings (SSSR count). The highest BCUT2D eigenvalue weighted by Crippen LogP contribution is 2.34. The van der Waals surface area contributed by atoms with E-state index < -0.39 is 0 Å². The van der Waals surface area contributed by atoms with Gasteiger partial charge in [-0.2, -0.15) is 0 Å². The minimum Gasteiger partial charge on any atom is -0.494 e. The van der Waals surface area contributed by atoms with Gasteiger partial charge in [0.25, 0.3) is 0 Å². The number of halogens is 2.